The number of halogens is 1. The number of carbonyl (C=O) groups excluding carboxylic acids is 1. The molecule has 0 aliphatic carbocycles. The minimum atomic E-state index is -0.929. The second-order valence-electron chi connectivity index (χ2n) is 4.92. The fourth-order valence-electron chi connectivity index (χ4n) is 2.45. The SMILES string of the molecule is O=C(O)Cc1cn(C(=O)c2ccc(Cl)cc2)c2ccccc12. The average Bonchev–Trinajstić information content (AvgIpc) is 2.86. The number of rotatable bonds is 3. The summed E-state index contributed by atoms with van der Waals surface area (Å²) in [4.78, 5) is 23.6. The molecule has 0 aliphatic rings. The largest absolute Gasteiger partial charge is 0.481 e. The first kappa shape index (κ1) is 14.4. The van der Waals surface area contributed by atoms with E-state index >= 15 is 0 Å². The number of carbonyl (C=O) groups is 2. The van der Waals surface area contributed by atoms with Crippen LogP contribution in [-0.4, -0.2) is 21.6 Å². The van der Waals surface area contributed by atoms with Crippen LogP contribution in [0.2, 0.25) is 5.02 Å². The summed E-state index contributed by atoms with van der Waals surface area (Å²) in [6.07, 6.45) is 1.47. The molecule has 1 heterocycles. The summed E-state index contributed by atoms with van der Waals surface area (Å²) in [6.45, 7) is 0. The quantitative estimate of drug-likeness (QED) is 0.803. The topological polar surface area (TPSA) is 59.3 Å². The third-order valence-electron chi connectivity index (χ3n) is 3.45. The molecule has 0 spiro atoms. The zero-order chi connectivity index (χ0) is 15.7. The molecule has 5 heteroatoms. The molecular weight excluding hydrogens is 302 g/mol. The summed E-state index contributed by atoms with van der Waals surface area (Å²) in [5.41, 5.74) is 1.80. The van der Waals surface area contributed by atoms with E-state index < -0.39 is 5.97 Å². The van der Waals surface area contributed by atoms with E-state index in [0.717, 1.165) is 5.39 Å². The highest BCUT2D eigenvalue weighted by molar-refractivity contribution is 6.30. The minimum Gasteiger partial charge on any atom is -0.481 e. The van der Waals surface area contributed by atoms with Crippen molar-refractivity contribution in [2.75, 3.05) is 0 Å². The lowest BCUT2D eigenvalue weighted by molar-refractivity contribution is -0.136. The molecule has 1 N–H and O–H groups in total. The van der Waals surface area contributed by atoms with Crippen LogP contribution in [0.4, 0.5) is 0 Å². The van der Waals surface area contributed by atoms with Gasteiger partial charge >= 0.3 is 5.97 Å². The lowest BCUT2D eigenvalue weighted by Crippen LogP contribution is -2.10. The Bertz CT molecular complexity index is 865. The molecule has 4 nitrogen and oxygen atoms in total. The maximum Gasteiger partial charge on any atom is 0.307 e. The number of carboxylic acid groups (broad SMARTS) is 1. The van der Waals surface area contributed by atoms with E-state index in [1.54, 1.807) is 36.5 Å². The Morgan fingerprint density at radius 2 is 1.73 bits per heavy atom. The summed E-state index contributed by atoms with van der Waals surface area (Å²) in [5.74, 6) is -1.15. The molecule has 0 aliphatic heterocycles. The van der Waals surface area contributed by atoms with Crippen LogP contribution in [-0.2, 0) is 11.2 Å². The third-order valence-corrected chi connectivity index (χ3v) is 3.70. The Morgan fingerprint density at radius 3 is 2.41 bits per heavy atom. The van der Waals surface area contributed by atoms with Crippen molar-refractivity contribution in [3.05, 3.63) is 70.9 Å². The van der Waals surface area contributed by atoms with Crippen molar-refractivity contribution in [2.45, 2.75) is 6.42 Å². The van der Waals surface area contributed by atoms with Gasteiger partial charge in [0.15, 0.2) is 0 Å². The highest BCUT2D eigenvalue weighted by atomic mass is 35.5. The van der Waals surface area contributed by atoms with Crippen molar-refractivity contribution in [1.82, 2.24) is 4.57 Å². The number of para-hydroxylation sites is 1. The van der Waals surface area contributed by atoms with Gasteiger partial charge in [0.05, 0.1) is 11.9 Å². The molecule has 0 atom stereocenters. The number of carboxylic acids is 1. The Kier molecular flexibility index (Phi) is 3.69. The maximum absolute atomic E-state index is 12.6. The zero-order valence-corrected chi connectivity index (χ0v) is 12.2. The van der Waals surface area contributed by atoms with Gasteiger partial charge in [-0.25, -0.2) is 0 Å². The van der Waals surface area contributed by atoms with Crippen molar-refractivity contribution >= 4 is 34.4 Å². The molecule has 0 bridgehead atoms. The molecule has 0 radical (unpaired) electrons. The molecule has 0 amide bonds. The van der Waals surface area contributed by atoms with Crippen LogP contribution in [0.15, 0.2) is 54.7 Å². The monoisotopic (exact) mass is 313 g/mol. The lowest BCUT2D eigenvalue weighted by atomic mass is 10.1. The Morgan fingerprint density at radius 1 is 1.05 bits per heavy atom. The first-order valence-corrected chi connectivity index (χ1v) is 7.05. The van der Waals surface area contributed by atoms with Gasteiger partial charge in [-0.05, 0) is 35.9 Å². The molecule has 0 unspecified atom stereocenters. The second-order valence-corrected chi connectivity index (χ2v) is 5.36. The number of aliphatic carboxylic acids is 1. The standard InChI is InChI=1S/C17H12ClNO3/c18-13-7-5-11(6-8-13)17(22)19-10-12(9-16(20)21)14-3-1-2-4-15(14)19/h1-8,10H,9H2,(H,20,21). The number of aromatic nitrogens is 1. The van der Waals surface area contributed by atoms with Gasteiger partial charge < -0.3 is 5.11 Å². The van der Waals surface area contributed by atoms with Crippen LogP contribution in [0.3, 0.4) is 0 Å². The van der Waals surface area contributed by atoms with Crippen LogP contribution in [0.5, 0.6) is 0 Å². The smallest absolute Gasteiger partial charge is 0.307 e. The molecule has 22 heavy (non-hydrogen) atoms. The second kappa shape index (κ2) is 5.66. The van der Waals surface area contributed by atoms with Gasteiger partial charge in [0.1, 0.15) is 0 Å². The molecule has 3 aromatic rings. The predicted molar refractivity (Wildman–Crippen MR) is 84.5 cm³/mol. The summed E-state index contributed by atoms with van der Waals surface area (Å²) in [6, 6.07) is 13.9. The van der Waals surface area contributed by atoms with Crippen LogP contribution < -0.4 is 0 Å². The van der Waals surface area contributed by atoms with E-state index in [1.165, 1.54) is 4.57 Å². The lowest BCUT2D eigenvalue weighted by Gasteiger charge is -2.04. The van der Waals surface area contributed by atoms with Crippen molar-refractivity contribution < 1.29 is 14.7 Å². The Labute approximate surface area is 131 Å². The van der Waals surface area contributed by atoms with Gasteiger partial charge in [0, 0.05) is 22.2 Å². The van der Waals surface area contributed by atoms with Crippen LogP contribution in [0.25, 0.3) is 10.9 Å². The maximum atomic E-state index is 12.6. The van der Waals surface area contributed by atoms with E-state index in [4.69, 9.17) is 16.7 Å². The van der Waals surface area contributed by atoms with E-state index in [0.29, 0.717) is 21.7 Å². The zero-order valence-electron chi connectivity index (χ0n) is 11.5. The van der Waals surface area contributed by atoms with Gasteiger partial charge in [0.25, 0.3) is 5.91 Å². The van der Waals surface area contributed by atoms with Crippen molar-refractivity contribution in [1.29, 1.82) is 0 Å². The van der Waals surface area contributed by atoms with E-state index in [-0.39, 0.29) is 12.3 Å². The molecule has 0 fully saturated rings. The Balaban J connectivity index is 2.12. The number of benzene rings is 2. The van der Waals surface area contributed by atoms with Crippen LogP contribution in [0.1, 0.15) is 15.9 Å². The first-order valence-electron chi connectivity index (χ1n) is 6.67. The van der Waals surface area contributed by atoms with Gasteiger partial charge in [-0.15, -0.1) is 0 Å². The molecule has 3 rings (SSSR count). The number of hydrogen-bond donors (Lipinski definition) is 1. The molecule has 110 valence electrons. The van der Waals surface area contributed by atoms with E-state index in [9.17, 15) is 9.59 Å². The van der Waals surface area contributed by atoms with Gasteiger partial charge in [-0.1, -0.05) is 29.8 Å². The van der Waals surface area contributed by atoms with Crippen molar-refractivity contribution in [3.8, 4) is 0 Å². The minimum absolute atomic E-state index is 0.124. The van der Waals surface area contributed by atoms with Gasteiger partial charge in [-0.2, -0.15) is 0 Å². The van der Waals surface area contributed by atoms with E-state index in [1.807, 2.05) is 18.2 Å². The summed E-state index contributed by atoms with van der Waals surface area (Å²) < 4.78 is 1.48. The van der Waals surface area contributed by atoms with Gasteiger partial charge in [-0.3, -0.25) is 14.2 Å². The summed E-state index contributed by atoms with van der Waals surface area (Å²) >= 11 is 5.84. The van der Waals surface area contributed by atoms with Gasteiger partial charge in [0.2, 0.25) is 0 Å². The van der Waals surface area contributed by atoms with Crippen LogP contribution in [0, 0.1) is 0 Å². The summed E-state index contributed by atoms with van der Waals surface area (Å²) in [7, 11) is 0. The fourth-order valence-corrected chi connectivity index (χ4v) is 2.58. The molecule has 0 saturated heterocycles. The highest BCUT2D eigenvalue weighted by Crippen LogP contribution is 2.23. The fraction of sp³-hybridized carbons (Fsp3) is 0.0588. The number of nitrogens with zero attached hydrogens (tertiary/aromatic N) is 1. The number of fused-ring (bicyclic) bond motifs is 1. The van der Waals surface area contributed by atoms with Crippen LogP contribution >= 0.6 is 11.6 Å². The average molecular weight is 314 g/mol. The summed E-state index contributed by atoms with van der Waals surface area (Å²) in [5, 5.41) is 10.3. The molecule has 1 aromatic heterocycles. The molecule has 0 saturated carbocycles. The first-order chi connectivity index (χ1) is 10.6. The van der Waals surface area contributed by atoms with Crippen molar-refractivity contribution in [3.63, 3.8) is 0 Å². The third kappa shape index (κ3) is 2.61. The molecule has 2 aromatic carbocycles. The highest BCUT2D eigenvalue weighted by Gasteiger charge is 2.16. The number of hydrogen-bond acceptors (Lipinski definition) is 2. The van der Waals surface area contributed by atoms with Crippen molar-refractivity contribution in [2.24, 2.45) is 0 Å². The molecular formula is C17H12ClNO3. The predicted octanol–water partition coefficient (Wildman–Crippen LogP) is 3.61. The normalized spacial score (nSPS) is 10.8. The van der Waals surface area contributed by atoms with E-state index in [2.05, 4.69) is 0 Å². The Hall–Kier alpha value is -2.59.